The standard InChI is InChI=1S/C14H17BrN2O3/c1-9-11(15)5-2-6-12(9)16-14(20)17-7-3-4-10(8-17)13(18)19/h2,5-6,10H,3-4,7-8H2,1H3,(H,16,20)(H,18,19)/t10-/m0/s1. The molecule has 1 aliphatic rings. The number of benzene rings is 1. The highest BCUT2D eigenvalue weighted by atomic mass is 79.9. The highest BCUT2D eigenvalue weighted by Crippen LogP contribution is 2.24. The zero-order chi connectivity index (χ0) is 14.7. The van der Waals surface area contributed by atoms with Crippen LogP contribution in [0.5, 0.6) is 0 Å². The molecule has 5 nitrogen and oxygen atoms in total. The maximum Gasteiger partial charge on any atom is 0.321 e. The molecule has 0 aromatic heterocycles. The number of urea groups is 1. The number of carboxylic acid groups (broad SMARTS) is 1. The van der Waals surface area contributed by atoms with Gasteiger partial charge in [0.05, 0.1) is 5.92 Å². The van der Waals surface area contributed by atoms with Gasteiger partial charge < -0.3 is 15.3 Å². The second kappa shape index (κ2) is 6.26. The van der Waals surface area contributed by atoms with E-state index in [-0.39, 0.29) is 12.6 Å². The normalized spacial score (nSPS) is 18.7. The number of halogens is 1. The first kappa shape index (κ1) is 14.8. The van der Waals surface area contributed by atoms with Gasteiger partial charge in [-0.2, -0.15) is 0 Å². The van der Waals surface area contributed by atoms with Gasteiger partial charge in [-0.05, 0) is 37.5 Å². The van der Waals surface area contributed by atoms with Gasteiger partial charge in [-0.15, -0.1) is 0 Å². The topological polar surface area (TPSA) is 69.6 Å². The van der Waals surface area contributed by atoms with Crippen LogP contribution < -0.4 is 5.32 Å². The fourth-order valence-electron chi connectivity index (χ4n) is 2.30. The number of likely N-dealkylation sites (tertiary alicyclic amines) is 1. The number of amides is 2. The van der Waals surface area contributed by atoms with Gasteiger partial charge in [0.25, 0.3) is 0 Å². The zero-order valence-electron chi connectivity index (χ0n) is 11.2. The predicted molar refractivity (Wildman–Crippen MR) is 79.8 cm³/mol. The number of hydrogen-bond donors (Lipinski definition) is 2. The van der Waals surface area contributed by atoms with Crippen molar-refractivity contribution in [2.24, 2.45) is 5.92 Å². The van der Waals surface area contributed by atoms with E-state index in [1.807, 2.05) is 25.1 Å². The van der Waals surface area contributed by atoms with Crippen molar-refractivity contribution in [2.45, 2.75) is 19.8 Å². The first-order chi connectivity index (χ1) is 9.49. The van der Waals surface area contributed by atoms with Crippen LogP contribution in [0.1, 0.15) is 18.4 Å². The van der Waals surface area contributed by atoms with Gasteiger partial charge in [-0.3, -0.25) is 4.79 Å². The molecule has 0 aliphatic carbocycles. The molecule has 2 N–H and O–H groups in total. The molecular formula is C14H17BrN2O3. The Balaban J connectivity index is 2.04. The van der Waals surface area contributed by atoms with Crippen molar-refractivity contribution in [1.82, 2.24) is 4.90 Å². The van der Waals surface area contributed by atoms with Crippen LogP contribution in [0.15, 0.2) is 22.7 Å². The minimum Gasteiger partial charge on any atom is -0.481 e. The second-order valence-electron chi connectivity index (χ2n) is 4.97. The SMILES string of the molecule is Cc1c(Br)cccc1NC(=O)N1CCC[C@H](C(=O)O)C1. The van der Waals surface area contributed by atoms with E-state index in [0.717, 1.165) is 22.1 Å². The Morgan fingerprint density at radius 1 is 1.45 bits per heavy atom. The average molecular weight is 341 g/mol. The molecule has 1 aromatic rings. The van der Waals surface area contributed by atoms with Gasteiger partial charge in [0.2, 0.25) is 0 Å². The molecule has 0 spiro atoms. The molecule has 20 heavy (non-hydrogen) atoms. The van der Waals surface area contributed by atoms with Crippen molar-refractivity contribution in [1.29, 1.82) is 0 Å². The molecule has 1 atom stereocenters. The number of carboxylic acids is 1. The molecule has 1 aliphatic heterocycles. The molecule has 1 heterocycles. The number of hydrogen-bond acceptors (Lipinski definition) is 2. The van der Waals surface area contributed by atoms with Gasteiger partial charge >= 0.3 is 12.0 Å². The summed E-state index contributed by atoms with van der Waals surface area (Å²) in [6.07, 6.45) is 1.36. The monoisotopic (exact) mass is 340 g/mol. The lowest BCUT2D eigenvalue weighted by molar-refractivity contribution is -0.143. The van der Waals surface area contributed by atoms with Crippen molar-refractivity contribution < 1.29 is 14.7 Å². The lowest BCUT2D eigenvalue weighted by Gasteiger charge is -2.30. The van der Waals surface area contributed by atoms with Crippen LogP contribution in [0.3, 0.4) is 0 Å². The number of anilines is 1. The summed E-state index contributed by atoms with van der Waals surface area (Å²) < 4.78 is 0.928. The Hall–Kier alpha value is -1.56. The second-order valence-corrected chi connectivity index (χ2v) is 5.82. The molecule has 2 rings (SSSR count). The maximum atomic E-state index is 12.2. The lowest BCUT2D eigenvalue weighted by Crippen LogP contribution is -2.44. The number of carbonyl (C=O) groups is 2. The molecule has 0 radical (unpaired) electrons. The van der Waals surface area contributed by atoms with Gasteiger partial charge in [0.15, 0.2) is 0 Å². The average Bonchev–Trinajstić information content (AvgIpc) is 2.44. The molecule has 0 bridgehead atoms. The summed E-state index contributed by atoms with van der Waals surface area (Å²) in [5, 5.41) is 11.9. The quantitative estimate of drug-likeness (QED) is 0.869. The number of nitrogens with one attached hydrogen (secondary N) is 1. The van der Waals surface area contributed by atoms with Crippen molar-refractivity contribution in [3.8, 4) is 0 Å². The number of aliphatic carboxylic acids is 1. The molecule has 6 heteroatoms. The summed E-state index contributed by atoms with van der Waals surface area (Å²) in [5.74, 6) is -1.29. The lowest BCUT2D eigenvalue weighted by atomic mass is 9.99. The Morgan fingerprint density at radius 2 is 2.20 bits per heavy atom. The summed E-state index contributed by atoms with van der Waals surface area (Å²) in [4.78, 5) is 24.8. The molecule has 2 amide bonds. The van der Waals surface area contributed by atoms with Crippen LogP contribution in [0.4, 0.5) is 10.5 Å². The van der Waals surface area contributed by atoms with E-state index in [9.17, 15) is 9.59 Å². The largest absolute Gasteiger partial charge is 0.481 e. The van der Waals surface area contributed by atoms with Gasteiger partial charge in [0, 0.05) is 23.2 Å². The number of rotatable bonds is 2. The fraction of sp³-hybridized carbons (Fsp3) is 0.429. The van der Waals surface area contributed by atoms with E-state index in [0.29, 0.717) is 13.0 Å². The van der Waals surface area contributed by atoms with E-state index in [1.54, 1.807) is 4.90 Å². The third kappa shape index (κ3) is 3.30. The van der Waals surface area contributed by atoms with Crippen LogP contribution in [0.2, 0.25) is 0 Å². The van der Waals surface area contributed by atoms with Crippen LogP contribution in [0.25, 0.3) is 0 Å². The van der Waals surface area contributed by atoms with E-state index in [1.165, 1.54) is 0 Å². The molecule has 0 unspecified atom stereocenters. The molecule has 0 saturated carbocycles. The van der Waals surface area contributed by atoms with Crippen molar-refractivity contribution in [2.75, 3.05) is 18.4 Å². The van der Waals surface area contributed by atoms with Crippen molar-refractivity contribution in [3.63, 3.8) is 0 Å². The highest BCUT2D eigenvalue weighted by Gasteiger charge is 2.28. The van der Waals surface area contributed by atoms with Crippen LogP contribution in [0, 0.1) is 12.8 Å². The maximum absolute atomic E-state index is 12.2. The smallest absolute Gasteiger partial charge is 0.321 e. The summed E-state index contributed by atoms with van der Waals surface area (Å²) in [5.41, 5.74) is 1.69. The van der Waals surface area contributed by atoms with Crippen LogP contribution in [-0.2, 0) is 4.79 Å². The number of piperidine rings is 1. The fourth-order valence-corrected chi connectivity index (χ4v) is 2.67. The molecule has 1 fully saturated rings. The molecule has 1 saturated heterocycles. The van der Waals surface area contributed by atoms with E-state index in [2.05, 4.69) is 21.2 Å². The summed E-state index contributed by atoms with van der Waals surface area (Å²) in [7, 11) is 0. The van der Waals surface area contributed by atoms with E-state index in [4.69, 9.17) is 5.11 Å². The van der Waals surface area contributed by atoms with Crippen LogP contribution in [-0.4, -0.2) is 35.1 Å². The predicted octanol–water partition coefficient (Wildman–Crippen LogP) is 3.09. The Morgan fingerprint density at radius 3 is 2.90 bits per heavy atom. The van der Waals surface area contributed by atoms with Gasteiger partial charge in [-0.1, -0.05) is 22.0 Å². The summed E-state index contributed by atoms with van der Waals surface area (Å²) in [6, 6.07) is 5.35. The first-order valence-electron chi connectivity index (χ1n) is 6.53. The van der Waals surface area contributed by atoms with Crippen LogP contribution >= 0.6 is 15.9 Å². The molecule has 108 valence electrons. The number of carbonyl (C=O) groups excluding carboxylic acids is 1. The third-order valence-corrected chi connectivity index (χ3v) is 4.43. The Kier molecular flexibility index (Phi) is 4.65. The minimum atomic E-state index is -0.832. The van der Waals surface area contributed by atoms with E-state index < -0.39 is 11.9 Å². The third-order valence-electron chi connectivity index (χ3n) is 3.57. The summed E-state index contributed by atoms with van der Waals surface area (Å²) >= 11 is 3.42. The van der Waals surface area contributed by atoms with Crippen molar-refractivity contribution in [3.05, 3.63) is 28.2 Å². The molecule has 1 aromatic carbocycles. The summed E-state index contributed by atoms with van der Waals surface area (Å²) in [6.45, 7) is 2.78. The highest BCUT2D eigenvalue weighted by molar-refractivity contribution is 9.10. The van der Waals surface area contributed by atoms with E-state index >= 15 is 0 Å². The first-order valence-corrected chi connectivity index (χ1v) is 7.32. The zero-order valence-corrected chi connectivity index (χ0v) is 12.8. The Bertz CT molecular complexity index is 533. The van der Waals surface area contributed by atoms with Gasteiger partial charge in [-0.25, -0.2) is 4.79 Å². The molecular weight excluding hydrogens is 324 g/mol. The van der Waals surface area contributed by atoms with Gasteiger partial charge in [0.1, 0.15) is 0 Å². The number of nitrogens with zero attached hydrogens (tertiary/aromatic N) is 1. The Labute approximate surface area is 126 Å². The van der Waals surface area contributed by atoms with Crippen molar-refractivity contribution >= 4 is 33.6 Å². The minimum absolute atomic E-state index is 0.239.